The zero-order chi connectivity index (χ0) is 13.8. The zero-order valence-electron chi connectivity index (χ0n) is 10.3. The maximum absolute atomic E-state index is 8.83. The minimum absolute atomic E-state index is 0.125. The third-order valence-corrected chi connectivity index (χ3v) is 4.16. The number of hydrogen-bond donors (Lipinski definition) is 2. The Morgan fingerprint density at radius 2 is 1.89 bits per heavy atom. The lowest BCUT2D eigenvalue weighted by atomic mass is 10.1. The van der Waals surface area contributed by atoms with Crippen LogP contribution in [0.4, 0.5) is 0 Å². The standard InChI is InChI=1S/C14H13BrN2OS/c1-9-2-7-12(14(16)17-18)13(8-9)19-11-5-3-10(15)4-6-11/h2-8,18H,1H3,(H2,16,17). The van der Waals surface area contributed by atoms with Gasteiger partial charge in [0, 0.05) is 19.8 Å². The molecule has 0 aromatic heterocycles. The average molecular weight is 337 g/mol. The second-order valence-electron chi connectivity index (χ2n) is 4.04. The van der Waals surface area contributed by atoms with Gasteiger partial charge in [-0.1, -0.05) is 38.9 Å². The molecule has 3 nitrogen and oxygen atoms in total. The third-order valence-electron chi connectivity index (χ3n) is 2.56. The van der Waals surface area contributed by atoms with Crippen molar-refractivity contribution in [2.45, 2.75) is 16.7 Å². The number of aryl methyl sites for hydroxylation is 1. The Labute approximate surface area is 124 Å². The van der Waals surface area contributed by atoms with Gasteiger partial charge in [-0.3, -0.25) is 0 Å². The predicted molar refractivity (Wildman–Crippen MR) is 82.0 cm³/mol. The highest BCUT2D eigenvalue weighted by atomic mass is 79.9. The molecule has 0 unspecified atom stereocenters. The fourth-order valence-electron chi connectivity index (χ4n) is 1.61. The summed E-state index contributed by atoms with van der Waals surface area (Å²) < 4.78 is 1.04. The molecule has 0 saturated carbocycles. The van der Waals surface area contributed by atoms with Crippen LogP contribution in [-0.4, -0.2) is 11.0 Å². The Morgan fingerprint density at radius 3 is 2.53 bits per heavy atom. The van der Waals surface area contributed by atoms with Crippen molar-refractivity contribution in [1.29, 1.82) is 0 Å². The highest BCUT2D eigenvalue weighted by Crippen LogP contribution is 2.32. The first-order valence-corrected chi connectivity index (χ1v) is 7.23. The molecular formula is C14H13BrN2OS. The summed E-state index contributed by atoms with van der Waals surface area (Å²) in [5.74, 6) is 0.125. The van der Waals surface area contributed by atoms with Gasteiger partial charge in [0.05, 0.1) is 0 Å². The molecule has 0 aliphatic rings. The van der Waals surface area contributed by atoms with E-state index in [9.17, 15) is 0 Å². The van der Waals surface area contributed by atoms with Crippen LogP contribution in [0.25, 0.3) is 0 Å². The molecule has 5 heteroatoms. The Kier molecular flexibility index (Phi) is 4.50. The van der Waals surface area contributed by atoms with Crippen molar-refractivity contribution < 1.29 is 5.21 Å². The number of hydrogen-bond acceptors (Lipinski definition) is 3. The van der Waals surface area contributed by atoms with E-state index in [4.69, 9.17) is 10.9 Å². The average Bonchev–Trinajstić information content (AvgIpc) is 2.41. The summed E-state index contributed by atoms with van der Waals surface area (Å²) in [6.07, 6.45) is 0. The molecule has 0 fully saturated rings. The van der Waals surface area contributed by atoms with Gasteiger partial charge in [-0.25, -0.2) is 0 Å². The molecule has 2 aromatic rings. The van der Waals surface area contributed by atoms with E-state index in [1.54, 1.807) is 11.8 Å². The molecule has 0 aliphatic heterocycles. The van der Waals surface area contributed by atoms with Gasteiger partial charge in [-0.15, -0.1) is 0 Å². The second kappa shape index (κ2) is 6.12. The molecular weight excluding hydrogens is 324 g/mol. The van der Waals surface area contributed by atoms with Crippen LogP contribution in [0.15, 0.2) is 61.9 Å². The van der Waals surface area contributed by atoms with E-state index in [2.05, 4.69) is 21.1 Å². The molecule has 0 heterocycles. The first-order chi connectivity index (χ1) is 9.10. The maximum Gasteiger partial charge on any atom is 0.171 e. The Morgan fingerprint density at radius 1 is 1.21 bits per heavy atom. The summed E-state index contributed by atoms with van der Waals surface area (Å²) >= 11 is 5.00. The Hall–Kier alpha value is -1.46. The molecule has 0 saturated heterocycles. The maximum atomic E-state index is 8.83. The number of nitrogens with two attached hydrogens (primary N) is 1. The summed E-state index contributed by atoms with van der Waals surface area (Å²) in [6, 6.07) is 13.9. The molecule has 19 heavy (non-hydrogen) atoms. The molecule has 0 spiro atoms. The van der Waals surface area contributed by atoms with Crippen LogP contribution in [0.3, 0.4) is 0 Å². The monoisotopic (exact) mass is 336 g/mol. The number of benzene rings is 2. The van der Waals surface area contributed by atoms with Gasteiger partial charge in [0.1, 0.15) is 0 Å². The van der Waals surface area contributed by atoms with Gasteiger partial charge < -0.3 is 10.9 Å². The molecule has 3 N–H and O–H groups in total. The fraction of sp³-hybridized carbons (Fsp3) is 0.0714. The lowest BCUT2D eigenvalue weighted by Crippen LogP contribution is -2.14. The van der Waals surface area contributed by atoms with E-state index in [0.29, 0.717) is 0 Å². The fourth-order valence-corrected chi connectivity index (χ4v) is 2.93. The first kappa shape index (κ1) is 14.0. The van der Waals surface area contributed by atoms with Crippen LogP contribution in [0, 0.1) is 6.92 Å². The quantitative estimate of drug-likeness (QED) is 0.385. The molecule has 2 aromatic carbocycles. The minimum Gasteiger partial charge on any atom is -0.409 e. The molecule has 0 atom stereocenters. The van der Waals surface area contributed by atoms with E-state index in [0.717, 1.165) is 25.4 Å². The highest BCUT2D eigenvalue weighted by Gasteiger charge is 2.09. The Bertz CT molecular complexity index is 611. The van der Waals surface area contributed by atoms with Gasteiger partial charge in [0.25, 0.3) is 0 Å². The zero-order valence-corrected chi connectivity index (χ0v) is 12.7. The smallest absolute Gasteiger partial charge is 0.171 e. The summed E-state index contributed by atoms with van der Waals surface area (Å²) in [6.45, 7) is 2.02. The lowest BCUT2D eigenvalue weighted by Gasteiger charge is -2.09. The lowest BCUT2D eigenvalue weighted by molar-refractivity contribution is 0.318. The number of rotatable bonds is 3. The van der Waals surface area contributed by atoms with Crippen molar-refractivity contribution in [2.24, 2.45) is 10.9 Å². The van der Waals surface area contributed by atoms with Crippen LogP contribution in [0.5, 0.6) is 0 Å². The van der Waals surface area contributed by atoms with Crippen molar-refractivity contribution in [3.63, 3.8) is 0 Å². The van der Waals surface area contributed by atoms with Crippen molar-refractivity contribution in [3.8, 4) is 0 Å². The first-order valence-electron chi connectivity index (χ1n) is 5.62. The van der Waals surface area contributed by atoms with Crippen molar-refractivity contribution in [3.05, 3.63) is 58.1 Å². The molecule has 0 amide bonds. The van der Waals surface area contributed by atoms with E-state index in [-0.39, 0.29) is 5.84 Å². The van der Waals surface area contributed by atoms with Crippen LogP contribution in [0.2, 0.25) is 0 Å². The molecule has 0 aliphatic carbocycles. The minimum atomic E-state index is 0.125. The van der Waals surface area contributed by atoms with Gasteiger partial charge in [-0.05, 0) is 48.9 Å². The van der Waals surface area contributed by atoms with Crippen LogP contribution in [-0.2, 0) is 0 Å². The SMILES string of the molecule is Cc1ccc(C(N)=NO)c(Sc2ccc(Br)cc2)c1. The van der Waals surface area contributed by atoms with E-state index >= 15 is 0 Å². The number of nitrogens with zero attached hydrogens (tertiary/aromatic N) is 1. The van der Waals surface area contributed by atoms with Crippen molar-refractivity contribution in [2.75, 3.05) is 0 Å². The largest absolute Gasteiger partial charge is 0.409 e. The highest BCUT2D eigenvalue weighted by molar-refractivity contribution is 9.10. The van der Waals surface area contributed by atoms with E-state index < -0.39 is 0 Å². The van der Waals surface area contributed by atoms with Gasteiger partial charge in [-0.2, -0.15) is 0 Å². The van der Waals surface area contributed by atoms with Gasteiger partial charge in [0.2, 0.25) is 0 Å². The molecule has 0 bridgehead atoms. The number of oxime groups is 1. The van der Waals surface area contributed by atoms with Crippen molar-refractivity contribution in [1.82, 2.24) is 0 Å². The van der Waals surface area contributed by atoms with Gasteiger partial charge >= 0.3 is 0 Å². The van der Waals surface area contributed by atoms with E-state index in [1.165, 1.54) is 0 Å². The number of halogens is 1. The molecule has 0 radical (unpaired) electrons. The normalized spacial score (nSPS) is 11.6. The number of amidine groups is 1. The topological polar surface area (TPSA) is 58.6 Å². The van der Waals surface area contributed by atoms with Gasteiger partial charge in [0.15, 0.2) is 5.84 Å². The third kappa shape index (κ3) is 3.52. The molecule has 98 valence electrons. The van der Waals surface area contributed by atoms with E-state index in [1.807, 2.05) is 49.4 Å². The Balaban J connectivity index is 2.38. The summed E-state index contributed by atoms with van der Waals surface area (Å²) in [5.41, 5.74) is 7.57. The summed E-state index contributed by atoms with van der Waals surface area (Å²) in [4.78, 5) is 2.07. The second-order valence-corrected chi connectivity index (χ2v) is 6.07. The summed E-state index contributed by atoms with van der Waals surface area (Å²) in [5, 5.41) is 11.9. The molecule has 2 rings (SSSR count). The van der Waals surface area contributed by atoms with Crippen LogP contribution < -0.4 is 5.73 Å². The van der Waals surface area contributed by atoms with Crippen LogP contribution in [0.1, 0.15) is 11.1 Å². The predicted octanol–water partition coefficient (Wildman–Crippen LogP) is 4.00. The van der Waals surface area contributed by atoms with Crippen LogP contribution >= 0.6 is 27.7 Å². The summed E-state index contributed by atoms with van der Waals surface area (Å²) in [7, 11) is 0. The van der Waals surface area contributed by atoms with Crippen molar-refractivity contribution >= 4 is 33.5 Å².